The number of carbonyl (C=O) groups excluding carboxylic acids is 1. The van der Waals surface area contributed by atoms with Crippen molar-refractivity contribution in [2.45, 2.75) is 6.42 Å². The Balaban J connectivity index is 1.21. The summed E-state index contributed by atoms with van der Waals surface area (Å²) in [5.74, 6) is 0.0238. The van der Waals surface area contributed by atoms with Crippen molar-refractivity contribution in [3.8, 4) is 34.0 Å². The van der Waals surface area contributed by atoms with E-state index in [4.69, 9.17) is 9.97 Å². The summed E-state index contributed by atoms with van der Waals surface area (Å²) < 4.78 is 13.9. The Labute approximate surface area is 232 Å². The van der Waals surface area contributed by atoms with Crippen LogP contribution in [0.3, 0.4) is 0 Å². The number of nitrogens with zero attached hydrogens (tertiary/aromatic N) is 5. The highest BCUT2D eigenvalue weighted by Gasteiger charge is 2.18. The zero-order chi connectivity index (χ0) is 27.8. The average Bonchev–Trinajstić information content (AvgIpc) is 3.61. The van der Waals surface area contributed by atoms with Gasteiger partial charge in [-0.25, -0.2) is 14.4 Å². The van der Waals surface area contributed by atoms with Crippen LogP contribution in [0.2, 0.25) is 0 Å². The summed E-state index contributed by atoms with van der Waals surface area (Å²) in [5.41, 5.74) is 7.30. The number of nitrogens with one attached hydrogen (secondary N) is 3. The molecule has 0 saturated heterocycles. The average molecular weight is 541 g/mol. The normalized spacial score (nSPS) is 11.2. The minimum Gasteiger partial charge on any atom is -0.336 e. The highest BCUT2D eigenvalue weighted by molar-refractivity contribution is 5.95. The maximum atomic E-state index is 13.9. The van der Waals surface area contributed by atoms with Crippen molar-refractivity contribution >= 4 is 33.7 Å². The second kappa shape index (κ2) is 10.1. The highest BCUT2D eigenvalue weighted by atomic mass is 19.1. The van der Waals surface area contributed by atoms with Crippen LogP contribution < -0.4 is 5.32 Å². The first-order chi connectivity index (χ1) is 20.1. The van der Waals surface area contributed by atoms with Gasteiger partial charge in [-0.15, -0.1) is 0 Å². The molecule has 9 nitrogen and oxygen atoms in total. The van der Waals surface area contributed by atoms with E-state index in [2.05, 4.69) is 30.5 Å². The number of carbonyl (C=O) groups is 1. The molecular weight excluding hydrogens is 519 g/mol. The van der Waals surface area contributed by atoms with Crippen molar-refractivity contribution in [2.24, 2.45) is 0 Å². The van der Waals surface area contributed by atoms with E-state index in [-0.39, 0.29) is 18.1 Å². The number of pyridine rings is 3. The predicted octanol–water partition coefficient (Wildman–Crippen LogP) is 5.95. The summed E-state index contributed by atoms with van der Waals surface area (Å²) in [5, 5.41) is 10.4. The lowest BCUT2D eigenvalue weighted by atomic mass is 10.1. The van der Waals surface area contributed by atoms with Gasteiger partial charge in [0.2, 0.25) is 5.91 Å². The molecule has 198 valence electrons. The van der Waals surface area contributed by atoms with Crippen LogP contribution in [0, 0.1) is 5.82 Å². The highest BCUT2D eigenvalue weighted by Crippen LogP contribution is 2.31. The van der Waals surface area contributed by atoms with Crippen LogP contribution in [0.15, 0.2) is 97.5 Å². The number of H-pyrrole nitrogens is 2. The van der Waals surface area contributed by atoms with Gasteiger partial charge < -0.3 is 10.3 Å². The molecule has 7 aromatic rings. The zero-order valence-corrected chi connectivity index (χ0v) is 21.5. The molecule has 3 N–H and O–H groups in total. The second-order valence-corrected chi connectivity index (χ2v) is 9.49. The number of rotatable bonds is 6. The summed E-state index contributed by atoms with van der Waals surface area (Å²) in [4.78, 5) is 34.3. The van der Waals surface area contributed by atoms with Gasteiger partial charge in [0.05, 0.1) is 40.7 Å². The quantitative estimate of drug-likeness (QED) is 0.240. The van der Waals surface area contributed by atoms with E-state index in [1.54, 1.807) is 30.7 Å². The van der Waals surface area contributed by atoms with E-state index >= 15 is 0 Å². The fourth-order valence-electron chi connectivity index (χ4n) is 4.75. The number of anilines is 1. The van der Waals surface area contributed by atoms with Crippen LogP contribution in [0.4, 0.5) is 10.1 Å². The largest absolute Gasteiger partial charge is 0.336 e. The van der Waals surface area contributed by atoms with Gasteiger partial charge >= 0.3 is 0 Å². The van der Waals surface area contributed by atoms with Gasteiger partial charge in [-0.2, -0.15) is 5.10 Å². The first-order valence-electron chi connectivity index (χ1n) is 12.9. The van der Waals surface area contributed by atoms with Crippen LogP contribution in [-0.2, 0) is 11.2 Å². The Morgan fingerprint density at radius 3 is 2.59 bits per heavy atom. The third-order valence-corrected chi connectivity index (χ3v) is 6.66. The smallest absolute Gasteiger partial charge is 0.228 e. The molecule has 0 radical (unpaired) electrons. The number of hydrogen-bond donors (Lipinski definition) is 3. The topological polar surface area (TPSA) is 125 Å². The lowest BCUT2D eigenvalue weighted by Gasteiger charge is -2.07. The monoisotopic (exact) mass is 540 g/mol. The zero-order valence-electron chi connectivity index (χ0n) is 21.5. The number of fused-ring (bicyclic) bond motifs is 2. The summed E-state index contributed by atoms with van der Waals surface area (Å²) in [6, 6.07) is 23.2. The van der Waals surface area contributed by atoms with Gasteiger partial charge in [0.1, 0.15) is 16.9 Å². The van der Waals surface area contributed by atoms with Crippen LogP contribution in [0.1, 0.15) is 5.56 Å². The first-order valence-corrected chi connectivity index (χ1v) is 12.9. The molecule has 0 bridgehead atoms. The first kappa shape index (κ1) is 24.3. The molecule has 10 heteroatoms. The molecule has 0 aliphatic heterocycles. The van der Waals surface area contributed by atoms with Crippen LogP contribution in [0.25, 0.3) is 56.1 Å². The van der Waals surface area contributed by atoms with E-state index in [0.29, 0.717) is 45.2 Å². The second-order valence-electron chi connectivity index (χ2n) is 9.49. The van der Waals surface area contributed by atoms with Gasteiger partial charge in [-0.1, -0.05) is 42.5 Å². The van der Waals surface area contributed by atoms with Crippen molar-refractivity contribution in [2.75, 3.05) is 5.32 Å². The maximum Gasteiger partial charge on any atom is 0.228 e. The Kier molecular flexibility index (Phi) is 5.97. The summed E-state index contributed by atoms with van der Waals surface area (Å²) >= 11 is 0. The van der Waals surface area contributed by atoms with Gasteiger partial charge in [0.25, 0.3) is 0 Å². The molecule has 41 heavy (non-hydrogen) atoms. The number of halogens is 1. The molecule has 5 heterocycles. The van der Waals surface area contributed by atoms with Crippen molar-refractivity contribution < 1.29 is 9.18 Å². The molecule has 0 unspecified atom stereocenters. The van der Waals surface area contributed by atoms with E-state index < -0.39 is 0 Å². The van der Waals surface area contributed by atoms with Crippen LogP contribution in [0.5, 0.6) is 0 Å². The molecule has 7 rings (SSSR count). The third kappa shape index (κ3) is 4.78. The third-order valence-electron chi connectivity index (χ3n) is 6.66. The SMILES string of the molecule is O=C(Cc1ccccc1)Nc1cncc(-c2ccc3[nH]nc(-c4nc5c(-c6cccc(F)c6)nccc5[nH]4)c3n2)c1. The van der Waals surface area contributed by atoms with Gasteiger partial charge in [0, 0.05) is 23.5 Å². The van der Waals surface area contributed by atoms with Gasteiger partial charge in [0.15, 0.2) is 11.5 Å². The molecular formula is C31H21FN8O. The molecule has 0 aliphatic carbocycles. The fraction of sp³-hybridized carbons (Fsp3) is 0.0323. The van der Waals surface area contributed by atoms with E-state index in [1.807, 2.05) is 54.6 Å². The van der Waals surface area contributed by atoms with Crippen molar-refractivity contribution in [3.05, 3.63) is 109 Å². The minimum atomic E-state index is -0.346. The standard InChI is InChI=1S/C31H21FN8O/c32-21-8-4-7-19(14-21)27-28-24(11-12-34-27)37-31(38-28)30-29-25(39-40-30)10-9-23(36-29)20-15-22(17-33-16-20)35-26(41)13-18-5-2-1-3-6-18/h1-12,14-17H,13H2,(H,35,41)(H,37,38)(H,39,40). The molecule has 0 aliphatic rings. The van der Waals surface area contributed by atoms with Crippen molar-refractivity contribution in [3.63, 3.8) is 0 Å². The number of hydrogen-bond acceptors (Lipinski definition) is 6. The Morgan fingerprint density at radius 2 is 1.71 bits per heavy atom. The minimum absolute atomic E-state index is 0.132. The number of aromatic amines is 2. The molecule has 0 fully saturated rings. The predicted molar refractivity (Wildman–Crippen MR) is 154 cm³/mol. The number of aromatic nitrogens is 7. The lowest BCUT2D eigenvalue weighted by molar-refractivity contribution is -0.115. The van der Waals surface area contributed by atoms with Crippen LogP contribution >= 0.6 is 0 Å². The van der Waals surface area contributed by atoms with Crippen molar-refractivity contribution in [1.82, 2.24) is 35.1 Å². The Hall–Kier alpha value is -5.77. The molecule has 0 atom stereocenters. The number of amides is 1. The van der Waals surface area contributed by atoms with E-state index in [1.165, 1.54) is 12.1 Å². The summed E-state index contributed by atoms with van der Waals surface area (Å²) in [7, 11) is 0. The van der Waals surface area contributed by atoms with Crippen molar-refractivity contribution in [1.29, 1.82) is 0 Å². The van der Waals surface area contributed by atoms with E-state index in [0.717, 1.165) is 22.2 Å². The van der Waals surface area contributed by atoms with E-state index in [9.17, 15) is 9.18 Å². The number of benzene rings is 2. The van der Waals surface area contributed by atoms with Crippen LogP contribution in [-0.4, -0.2) is 41.0 Å². The fourth-order valence-corrected chi connectivity index (χ4v) is 4.75. The molecule has 1 amide bonds. The summed E-state index contributed by atoms with van der Waals surface area (Å²) in [6.07, 6.45) is 5.22. The molecule has 0 saturated carbocycles. The molecule has 0 spiro atoms. The lowest BCUT2D eigenvalue weighted by Crippen LogP contribution is -2.14. The molecule has 5 aromatic heterocycles. The summed E-state index contributed by atoms with van der Waals surface area (Å²) in [6.45, 7) is 0. The maximum absolute atomic E-state index is 13.9. The molecule has 2 aromatic carbocycles. The Morgan fingerprint density at radius 1 is 0.829 bits per heavy atom. The Bertz CT molecular complexity index is 2050. The van der Waals surface area contributed by atoms with Gasteiger partial charge in [-0.3, -0.25) is 19.9 Å². The number of imidazole rings is 1. The van der Waals surface area contributed by atoms with Gasteiger partial charge in [-0.05, 0) is 42.0 Å².